The summed E-state index contributed by atoms with van der Waals surface area (Å²) in [6.45, 7) is 0. The summed E-state index contributed by atoms with van der Waals surface area (Å²) in [7, 11) is 1.24. The molecule has 0 bridgehead atoms. The van der Waals surface area contributed by atoms with Crippen LogP contribution < -0.4 is 5.09 Å². The molecule has 4 nitrogen and oxygen atoms in total. The zero-order valence-corrected chi connectivity index (χ0v) is 6.07. The fraction of sp³-hybridized carbons (Fsp3) is 1.00. The molecule has 0 amide bonds. The zero-order chi connectivity index (χ0) is 6.62. The lowest BCUT2D eigenvalue weighted by Gasteiger charge is -2.09. The lowest BCUT2D eigenvalue weighted by molar-refractivity contribution is 0.267. The number of hydrogen-bond donors (Lipinski definition) is 1. The second-order valence-electron chi connectivity index (χ2n) is 1.09. The van der Waals surface area contributed by atoms with E-state index in [1.54, 1.807) is 0 Å². The van der Waals surface area contributed by atoms with E-state index in [0.29, 0.717) is 0 Å². The summed E-state index contributed by atoms with van der Waals surface area (Å²) < 4.78 is 19.7. The molecule has 50 valence electrons. The molecule has 0 rings (SSSR count). The fourth-order valence-corrected chi connectivity index (χ4v) is 0.771. The number of nitrogens with one attached hydrogen (secondary N) is 1. The van der Waals surface area contributed by atoms with Crippen LogP contribution in [0.4, 0.5) is 0 Å². The van der Waals surface area contributed by atoms with E-state index >= 15 is 0 Å². The van der Waals surface area contributed by atoms with Crippen molar-refractivity contribution in [2.24, 2.45) is 0 Å². The van der Waals surface area contributed by atoms with Crippen LogP contribution in [-0.4, -0.2) is 21.3 Å². The monoisotopic (exact) mass is 139 g/mol. The summed E-state index contributed by atoms with van der Waals surface area (Å²) in [6.07, 6.45) is 0. The van der Waals surface area contributed by atoms with Crippen molar-refractivity contribution < 1.29 is 13.6 Å². The molecule has 0 aromatic carbocycles. The van der Waals surface area contributed by atoms with E-state index in [1.807, 2.05) is 0 Å². The van der Waals surface area contributed by atoms with E-state index in [9.17, 15) is 4.57 Å². The summed E-state index contributed by atoms with van der Waals surface area (Å²) in [4.78, 5) is 0. The molecular formula is C3H10NO3P. The van der Waals surface area contributed by atoms with Gasteiger partial charge in [-0.05, 0) is 7.05 Å². The number of hydrogen-bond acceptors (Lipinski definition) is 3. The van der Waals surface area contributed by atoms with Gasteiger partial charge in [-0.1, -0.05) is 0 Å². The molecule has 0 atom stereocenters. The average Bonchev–Trinajstić information content (AvgIpc) is 1.87. The van der Waals surface area contributed by atoms with Crippen molar-refractivity contribution >= 4 is 7.75 Å². The minimum atomic E-state index is -2.91. The molecule has 0 unspecified atom stereocenters. The summed E-state index contributed by atoms with van der Waals surface area (Å²) >= 11 is 0. The van der Waals surface area contributed by atoms with Gasteiger partial charge < -0.3 is 9.05 Å². The summed E-state index contributed by atoms with van der Waals surface area (Å²) in [5.41, 5.74) is 0. The molecule has 0 aromatic rings. The summed E-state index contributed by atoms with van der Waals surface area (Å²) in [5, 5.41) is 2.39. The Balaban J connectivity index is 3.79. The highest BCUT2D eigenvalue weighted by Crippen LogP contribution is 2.39. The first kappa shape index (κ1) is 8.11. The summed E-state index contributed by atoms with van der Waals surface area (Å²) in [6, 6.07) is 0. The van der Waals surface area contributed by atoms with Crippen LogP contribution in [0.5, 0.6) is 0 Å². The Morgan fingerprint density at radius 2 is 1.75 bits per heavy atom. The predicted molar refractivity (Wildman–Crippen MR) is 30.7 cm³/mol. The van der Waals surface area contributed by atoms with E-state index < -0.39 is 7.75 Å². The van der Waals surface area contributed by atoms with Gasteiger partial charge in [-0.3, -0.25) is 0 Å². The molecule has 1 N–H and O–H groups in total. The Labute approximate surface area is 48.8 Å². The maximum Gasteiger partial charge on any atom is 0.404 e. The average molecular weight is 139 g/mol. The molecule has 0 heterocycles. The molecule has 8 heavy (non-hydrogen) atoms. The van der Waals surface area contributed by atoms with Crippen molar-refractivity contribution in [2.75, 3.05) is 21.3 Å². The van der Waals surface area contributed by atoms with Gasteiger partial charge >= 0.3 is 7.75 Å². The third kappa shape index (κ3) is 1.92. The molecule has 0 aliphatic heterocycles. The molecule has 0 saturated carbocycles. The van der Waals surface area contributed by atoms with Gasteiger partial charge in [-0.15, -0.1) is 0 Å². The maximum absolute atomic E-state index is 10.8. The standard InChI is InChI=1S/C3H10NO3P/c1-4-8(5,6-2)7-3/h1-3H3,(H,4,5). The van der Waals surface area contributed by atoms with E-state index in [4.69, 9.17) is 0 Å². The highest BCUT2D eigenvalue weighted by atomic mass is 31.2. The Morgan fingerprint density at radius 1 is 1.38 bits per heavy atom. The van der Waals surface area contributed by atoms with E-state index in [0.717, 1.165) is 0 Å². The van der Waals surface area contributed by atoms with Gasteiger partial charge in [-0.2, -0.15) is 0 Å². The zero-order valence-electron chi connectivity index (χ0n) is 5.17. The topological polar surface area (TPSA) is 47.6 Å². The van der Waals surface area contributed by atoms with Crippen molar-refractivity contribution in [1.29, 1.82) is 0 Å². The van der Waals surface area contributed by atoms with Gasteiger partial charge in [-0.25, -0.2) is 9.65 Å². The second-order valence-corrected chi connectivity index (χ2v) is 3.26. The van der Waals surface area contributed by atoms with Crippen LogP contribution in [0, 0.1) is 0 Å². The molecule has 5 heteroatoms. The molecule has 0 spiro atoms. The number of rotatable bonds is 3. The van der Waals surface area contributed by atoms with Crippen molar-refractivity contribution in [3.05, 3.63) is 0 Å². The Morgan fingerprint density at radius 3 is 1.75 bits per heavy atom. The van der Waals surface area contributed by atoms with Gasteiger partial charge in [0.1, 0.15) is 0 Å². The largest absolute Gasteiger partial charge is 0.404 e. The molecule has 0 radical (unpaired) electrons. The molecule has 0 aliphatic rings. The van der Waals surface area contributed by atoms with Crippen molar-refractivity contribution in [1.82, 2.24) is 5.09 Å². The lowest BCUT2D eigenvalue weighted by Crippen LogP contribution is -2.05. The predicted octanol–water partition coefficient (Wildman–Crippen LogP) is 0.607. The first-order valence-corrected chi connectivity index (χ1v) is 3.63. The van der Waals surface area contributed by atoms with Gasteiger partial charge in [0.25, 0.3) is 0 Å². The quantitative estimate of drug-likeness (QED) is 0.582. The van der Waals surface area contributed by atoms with Crippen LogP contribution in [0.25, 0.3) is 0 Å². The van der Waals surface area contributed by atoms with Crippen LogP contribution in [0.3, 0.4) is 0 Å². The van der Waals surface area contributed by atoms with Crippen molar-refractivity contribution in [2.45, 2.75) is 0 Å². The smallest absolute Gasteiger partial charge is 0.300 e. The van der Waals surface area contributed by atoms with Gasteiger partial charge in [0.2, 0.25) is 0 Å². The van der Waals surface area contributed by atoms with Crippen molar-refractivity contribution in [3.8, 4) is 0 Å². The van der Waals surface area contributed by atoms with Gasteiger partial charge in [0.15, 0.2) is 0 Å². The first-order chi connectivity index (χ1) is 3.68. The Hall–Kier alpha value is 0.110. The van der Waals surface area contributed by atoms with Crippen LogP contribution in [0.15, 0.2) is 0 Å². The van der Waals surface area contributed by atoms with Crippen LogP contribution >= 0.6 is 7.75 Å². The van der Waals surface area contributed by atoms with Crippen molar-refractivity contribution in [3.63, 3.8) is 0 Å². The van der Waals surface area contributed by atoms with E-state index in [-0.39, 0.29) is 0 Å². The summed E-state index contributed by atoms with van der Waals surface area (Å²) in [5.74, 6) is 0. The minimum absolute atomic E-state index is 1.32. The third-order valence-electron chi connectivity index (χ3n) is 0.755. The SMILES string of the molecule is CNP(=O)(OC)OC. The van der Waals surface area contributed by atoms with E-state index in [1.165, 1.54) is 21.3 Å². The highest BCUT2D eigenvalue weighted by molar-refractivity contribution is 7.51. The molecule has 0 aliphatic carbocycles. The van der Waals surface area contributed by atoms with Gasteiger partial charge in [0.05, 0.1) is 0 Å². The lowest BCUT2D eigenvalue weighted by atomic mass is 11.6. The molecule has 0 aromatic heterocycles. The van der Waals surface area contributed by atoms with Crippen LogP contribution in [-0.2, 0) is 13.6 Å². The molecule has 0 fully saturated rings. The fourth-order valence-electron chi connectivity index (χ4n) is 0.257. The van der Waals surface area contributed by atoms with E-state index in [2.05, 4.69) is 14.1 Å². The molecule has 0 saturated heterocycles. The van der Waals surface area contributed by atoms with Crippen LogP contribution in [0.1, 0.15) is 0 Å². The second kappa shape index (κ2) is 3.20. The third-order valence-corrected chi connectivity index (χ3v) is 2.26. The Bertz CT molecular complexity index is 85.7. The molecular weight excluding hydrogens is 129 g/mol. The first-order valence-electron chi connectivity index (χ1n) is 2.09. The maximum atomic E-state index is 10.8. The Kier molecular flexibility index (Phi) is 3.24. The normalized spacial score (nSPS) is 11.9. The minimum Gasteiger partial charge on any atom is -0.300 e. The van der Waals surface area contributed by atoms with Crippen LogP contribution in [0.2, 0.25) is 0 Å². The van der Waals surface area contributed by atoms with Gasteiger partial charge in [0, 0.05) is 14.2 Å². The highest BCUT2D eigenvalue weighted by Gasteiger charge is 2.15.